The molecule has 0 spiro atoms. The normalized spacial score (nSPS) is 22.6. The van der Waals surface area contributed by atoms with Gasteiger partial charge in [0.25, 0.3) is 0 Å². The number of pyridine rings is 1. The summed E-state index contributed by atoms with van der Waals surface area (Å²) in [5, 5.41) is 0. The van der Waals surface area contributed by atoms with Crippen molar-refractivity contribution in [1.29, 1.82) is 0 Å². The zero-order valence-electron chi connectivity index (χ0n) is 9.12. The monoisotopic (exact) mass is 297 g/mol. The third-order valence-corrected chi connectivity index (χ3v) is 4.03. The quantitative estimate of drug-likeness (QED) is 0.812. The van der Waals surface area contributed by atoms with Gasteiger partial charge in [-0.1, -0.05) is 13.8 Å². The largest absolute Gasteiger partial charge is 0.329 e. The Kier molecular flexibility index (Phi) is 2.07. The zero-order valence-corrected chi connectivity index (χ0v) is 11.5. The van der Waals surface area contributed by atoms with Gasteiger partial charge in [0.15, 0.2) is 10.4 Å². The fourth-order valence-electron chi connectivity index (χ4n) is 2.16. The van der Waals surface area contributed by atoms with Gasteiger partial charge in [0, 0.05) is 16.7 Å². The fraction of sp³-hybridized carbons (Fsp3) is 0.455. The number of halogens is 1. The van der Waals surface area contributed by atoms with Gasteiger partial charge in [-0.05, 0) is 46.0 Å². The van der Waals surface area contributed by atoms with Crippen LogP contribution < -0.4 is 0 Å². The molecule has 1 fully saturated rings. The summed E-state index contributed by atoms with van der Waals surface area (Å²) < 4.78 is 3.89. The SMILES string of the molecule is CC1(C)CC1n1c(=S)[nH]c2cc(Br)cnc21. The summed E-state index contributed by atoms with van der Waals surface area (Å²) >= 11 is 8.78. The summed E-state index contributed by atoms with van der Waals surface area (Å²) in [7, 11) is 0. The predicted molar refractivity (Wildman–Crippen MR) is 70.1 cm³/mol. The van der Waals surface area contributed by atoms with Crippen molar-refractivity contribution in [1.82, 2.24) is 14.5 Å². The number of nitrogens with one attached hydrogen (secondary N) is 1. The summed E-state index contributed by atoms with van der Waals surface area (Å²) in [5.41, 5.74) is 2.31. The molecule has 1 atom stereocenters. The molecule has 84 valence electrons. The van der Waals surface area contributed by atoms with E-state index in [0.29, 0.717) is 11.5 Å². The van der Waals surface area contributed by atoms with E-state index in [0.717, 1.165) is 20.4 Å². The molecule has 1 aliphatic rings. The molecule has 2 aromatic rings. The number of hydrogen-bond donors (Lipinski definition) is 1. The molecule has 0 aromatic carbocycles. The van der Waals surface area contributed by atoms with Crippen LogP contribution in [0.1, 0.15) is 26.3 Å². The van der Waals surface area contributed by atoms with Crippen LogP contribution in [0.2, 0.25) is 0 Å². The standard InChI is InChI=1S/C11H12BrN3S/c1-11(2)4-8(11)15-9-7(14-10(15)16)3-6(12)5-13-9/h3,5,8H,4H2,1-2H3,(H,14,16). The van der Waals surface area contributed by atoms with E-state index >= 15 is 0 Å². The highest BCUT2D eigenvalue weighted by atomic mass is 79.9. The number of fused-ring (bicyclic) bond motifs is 1. The van der Waals surface area contributed by atoms with Crippen LogP contribution in [0.5, 0.6) is 0 Å². The van der Waals surface area contributed by atoms with Crippen LogP contribution in [-0.4, -0.2) is 14.5 Å². The van der Waals surface area contributed by atoms with Crippen LogP contribution in [0, 0.1) is 10.2 Å². The van der Waals surface area contributed by atoms with Gasteiger partial charge >= 0.3 is 0 Å². The lowest BCUT2D eigenvalue weighted by molar-refractivity contribution is 0.544. The maximum atomic E-state index is 5.37. The molecule has 2 heterocycles. The van der Waals surface area contributed by atoms with E-state index < -0.39 is 0 Å². The first-order valence-electron chi connectivity index (χ1n) is 5.25. The Balaban J connectivity index is 2.25. The lowest BCUT2D eigenvalue weighted by atomic mass is 10.2. The molecule has 2 aromatic heterocycles. The molecule has 3 rings (SSSR count). The number of H-pyrrole nitrogens is 1. The molecule has 1 aliphatic carbocycles. The van der Waals surface area contributed by atoms with Crippen LogP contribution in [-0.2, 0) is 0 Å². The first kappa shape index (κ1) is 10.5. The van der Waals surface area contributed by atoms with Crippen molar-refractivity contribution in [2.24, 2.45) is 5.41 Å². The molecule has 0 amide bonds. The van der Waals surface area contributed by atoms with Crippen LogP contribution >= 0.6 is 28.1 Å². The summed E-state index contributed by atoms with van der Waals surface area (Å²) in [6, 6.07) is 2.51. The van der Waals surface area contributed by atoms with E-state index in [1.165, 1.54) is 6.42 Å². The molecule has 0 bridgehead atoms. The lowest BCUT2D eigenvalue weighted by Crippen LogP contribution is -2.01. The molecular formula is C11H12BrN3S. The molecule has 3 nitrogen and oxygen atoms in total. The van der Waals surface area contributed by atoms with Crippen molar-refractivity contribution in [3.05, 3.63) is 21.5 Å². The maximum absolute atomic E-state index is 5.37. The van der Waals surface area contributed by atoms with E-state index in [1.54, 1.807) is 0 Å². The predicted octanol–water partition coefficient (Wildman–Crippen LogP) is 3.83. The average molecular weight is 298 g/mol. The van der Waals surface area contributed by atoms with E-state index in [4.69, 9.17) is 12.2 Å². The van der Waals surface area contributed by atoms with E-state index in [1.807, 2.05) is 12.3 Å². The Hall–Kier alpha value is -0.680. The van der Waals surface area contributed by atoms with Gasteiger partial charge < -0.3 is 4.98 Å². The molecule has 0 aliphatic heterocycles. The minimum absolute atomic E-state index is 0.349. The van der Waals surface area contributed by atoms with Gasteiger partial charge in [-0.25, -0.2) is 4.98 Å². The fourth-order valence-corrected chi connectivity index (χ4v) is 2.81. The van der Waals surface area contributed by atoms with E-state index in [9.17, 15) is 0 Å². The molecule has 0 saturated heterocycles. The highest BCUT2D eigenvalue weighted by Crippen LogP contribution is 2.56. The summed E-state index contributed by atoms with van der Waals surface area (Å²) in [4.78, 5) is 7.66. The van der Waals surface area contributed by atoms with E-state index in [-0.39, 0.29) is 0 Å². The second-order valence-electron chi connectivity index (χ2n) is 5.03. The molecule has 5 heteroatoms. The Morgan fingerprint density at radius 1 is 1.62 bits per heavy atom. The van der Waals surface area contributed by atoms with Crippen molar-refractivity contribution in [3.8, 4) is 0 Å². The summed E-state index contributed by atoms with van der Waals surface area (Å²) in [5.74, 6) is 0. The molecular weight excluding hydrogens is 286 g/mol. The topological polar surface area (TPSA) is 33.6 Å². The molecule has 1 N–H and O–H groups in total. The number of nitrogens with zero attached hydrogens (tertiary/aromatic N) is 2. The number of hydrogen-bond acceptors (Lipinski definition) is 2. The minimum Gasteiger partial charge on any atom is -0.329 e. The number of rotatable bonds is 1. The Morgan fingerprint density at radius 2 is 2.31 bits per heavy atom. The smallest absolute Gasteiger partial charge is 0.179 e. The van der Waals surface area contributed by atoms with Gasteiger partial charge in [-0.2, -0.15) is 0 Å². The summed E-state index contributed by atoms with van der Waals surface area (Å²) in [6.45, 7) is 4.52. The summed E-state index contributed by atoms with van der Waals surface area (Å²) in [6.07, 6.45) is 2.99. The van der Waals surface area contributed by atoms with Crippen LogP contribution in [0.25, 0.3) is 11.2 Å². The molecule has 1 saturated carbocycles. The van der Waals surface area contributed by atoms with Crippen molar-refractivity contribution in [2.75, 3.05) is 0 Å². The maximum Gasteiger partial charge on any atom is 0.179 e. The molecule has 16 heavy (non-hydrogen) atoms. The van der Waals surface area contributed by atoms with Crippen molar-refractivity contribution >= 4 is 39.3 Å². The Morgan fingerprint density at radius 3 is 2.94 bits per heavy atom. The molecule has 1 unspecified atom stereocenters. The second-order valence-corrected chi connectivity index (χ2v) is 6.34. The van der Waals surface area contributed by atoms with Crippen molar-refractivity contribution in [2.45, 2.75) is 26.3 Å². The van der Waals surface area contributed by atoms with Gasteiger partial charge in [0.1, 0.15) is 0 Å². The Bertz CT molecular complexity index is 626. The first-order valence-corrected chi connectivity index (χ1v) is 6.45. The first-order chi connectivity index (χ1) is 7.49. The van der Waals surface area contributed by atoms with Gasteiger partial charge in [-0.15, -0.1) is 0 Å². The highest BCUT2D eigenvalue weighted by molar-refractivity contribution is 9.10. The van der Waals surface area contributed by atoms with Crippen LogP contribution in [0.3, 0.4) is 0 Å². The number of aromatic nitrogens is 3. The Labute approximate surface area is 107 Å². The third-order valence-electron chi connectivity index (χ3n) is 3.29. The second kappa shape index (κ2) is 3.17. The van der Waals surface area contributed by atoms with Gasteiger partial charge in [-0.3, -0.25) is 4.57 Å². The lowest BCUT2D eigenvalue weighted by Gasteiger charge is -2.05. The van der Waals surface area contributed by atoms with Gasteiger partial charge in [0.05, 0.1) is 5.52 Å². The highest BCUT2D eigenvalue weighted by Gasteiger charge is 2.48. The number of aromatic amines is 1. The van der Waals surface area contributed by atoms with E-state index in [2.05, 4.69) is 44.3 Å². The molecule has 0 radical (unpaired) electrons. The average Bonchev–Trinajstić information content (AvgIpc) is 2.67. The minimum atomic E-state index is 0.349. The van der Waals surface area contributed by atoms with Crippen molar-refractivity contribution < 1.29 is 0 Å². The van der Waals surface area contributed by atoms with Gasteiger partial charge in [0.2, 0.25) is 0 Å². The number of imidazole rings is 1. The van der Waals surface area contributed by atoms with Crippen LogP contribution in [0.15, 0.2) is 16.7 Å². The zero-order chi connectivity index (χ0) is 11.5. The third kappa shape index (κ3) is 1.45. The van der Waals surface area contributed by atoms with Crippen LogP contribution in [0.4, 0.5) is 0 Å². The van der Waals surface area contributed by atoms with Crippen molar-refractivity contribution in [3.63, 3.8) is 0 Å².